The van der Waals surface area contributed by atoms with Gasteiger partial charge in [0.05, 0.1) is 19.1 Å². The molecule has 0 N–H and O–H groups in total. The summed E-state index contributed by atoms with van der Waals surface area (Å²) in [5.74, 6) is 0.776. The van der Waals surface area contributed by atoms with Gasteiger partial charge < -0.3 is 9.30 Å². The van der Waals surface area contributed by atoms with Gasteiger partial charge >= 0.3 is 0 Å². The quantitative estimate of drug-likeness (QED) is 0.751. The molecule has 2 rings (SSSR count). The van der Waals surface area contributed by atoms with E-state index in [0.717, 1.165) is 6.42 Å². The maximum absolute atomic E-state index is 11.3. The zero-order valence-corrected chi connectivity index (χ0v) is 10.3. The van der Waals surface area contributed by atoms with Crippen LogP contribution < -0.4 is 0 Å². The fraction of sp³-hybridized carbons (Fsp3) is 0.750. The lowest BCUT2D eigenvalue weighted by Gasteiger charge is -2.25. The van der Waals surface area contributed by atoms with Crippen molar-refractivity contribution < 1.29 is 13.2 Å². The van der Waals surface area contributed by atoms with E-state index < -0.39 is 9.05 Å². The Balaban J connectivity index is 2.42. The van der Waals surface area contributed by atoms with Crippen LogP contribution >= 0.6 is 10.7 Å². The summed E-state index contributed by atoms with van der Waals surface area (Å²) in [5.41, 5.74) is 0. The van der Waals surface area contributed by atoms with Crippen LogP contribution in [0.2, 0.25) is 0 Å². The van der Waals surface area contributed by atoms with Crippen molar-refractivity contribution in [1.29, 1.82) is 0 Å². The molecule has 0 aromatic carbocycles. The van der Waals surface area contributed by atoms with Crippen molar-refractivity contribution in [2.45, 2.75) is 31.0 Å². The van der Waals surface area contributed by atoms with E-state index in [4.69, 9.17) is 15.4 Å². The number of hydrogen-bond donors (Lipinski definition) is 0. The molecular formula is C8H12ClN3O3S. The highest BCUT2D eigenvalue weighted by Gasteiger charge is 2.30. The molecule has 1 aliphatic rings. The molecule has 1 aliphatic heterocycles. The maximum atomic E-state index is 11.3. The molecule has 6 nitrogen and oxygen atoms in total. The molecular weight excluding hydrogens is 254 g/mol. The van der Waals surface area contributed by atoms with Gasteiger partial charge in [-0.15, -0.1) is 10.2 Å². The minimum Gasteiger partial charge on any atom is -0.380 e. The van der Waals surface area contributed by atoms with Crippen LogP contribution in [0.3, 0.4) is 0 Å². The minimum absolute atomic E-state index is 0.131. The molecule has 1 fully saturated rings. The number of aromatic nitrogens is 3. The van der Waals surface area contributed by atoms with Crippen LogP contribution in [-0.4, -0.2) is 36.4 Å². The lowest BCUT2D eigenvalue weighted by molar-refractivity contribution is 0.00308. The average Bonchev–Trinajstić information content (AvgIpc) is 2.46. The first-order chi connectivity index (χ1) is 7.54. The van der Waals surface area contributed by atoms with Gasteiger partial charge in [0.15, 0.2) is 0 Å². The van der Waals surface area contributed by atoms with Gasteiger partial charge in [0, 0.05) is 17.2 Å². The van der Waals surface area contributed by atoms with Gasteiger partial charge in [-0.2, -0.15) is 0 Å². The fourth-order valence-electron chi connectivity index (χ4n) is 1.60. The summed E-state index contributed by atoms with van der Waals surface area (Å²) in [4.78, 5) is 0. The lowest BCUT2D eigenvalue weighted by Crippen LogP contribution is -2.28. The number of rotatable bonds is 4. The lowest BCUT2D eigenvalue weighted by atomic mass is 10.1. The predicted molar refractivity (Wildman–Crippen MR) is 56.9 cm³/mol. The topological polar surface area (TPSA) is 74.1 Å². The standard InChI is InChI=1S/C8H12ClN3O3S/c1-2-3-12-7(6-4-15-5-6)10-11-8(12)16(9,13)14/h6H,2-5H2,1H3. The Labute approximate surface area is 98.0 Å². The molecule has 0 unspecified atom stereocenters. The molecule has 0 spiro atoms. The van der Waals surface area contributed by atoms with Gasteiger partial charge in [0.2, 0.25) is 0 Å². The third-order valence-corrected chi connectivity index (χ3v) is 3.57. The third kappa shape index (κ3) is 2.07. The highest BCUT2D eigenvalue weighted by atomic mass is 35.7. The number of halogens is 1. The molecule has 1 saturated heterocycles. The van der Waals surface area contributed by atoms with E-state index in [1.54, 1.807) is 4.57 Å². The second kappa shape index (κ2) is 4.31. The molecule has 8 heteroatoms. The van der Waals surface area contributed by atoms with Crippen LogP contribution in [0.1, 0.15) is 25.1 Å². The predicted octanol–water partition coefficient (Wildman–Crippen LogP) is 0.729. The van der Waals surface area contributed by atoms with Crippen molar-refractivity contribution in [3.63, 3.8) is 0 Å². The Morgan fingerprint density at radius 3 is 2.62 bits per heavy atom. The normalized spacial score (nSPS) is 17.4. The van der Waals surface area contributed by atoms with E-state index in [2.05, 4.69) is 10.2 Å². The first-order valence-corrected chi connectivity index (χ1v) is 7.30. The highest BCUT2D eigenvalue weighted by Crippen LogP contribution is 2.25. The first-order valence-electron chi connectivity index (χ1n) is 4.99. The van der Waals surface area contributed by atoms with E-state index in [-0.39, 0.29) is 11.1 Å². The molecule has 0 aliphatic carbocycles. The van der Waals surface area contributed by atoms with Crippen LogP contribution in [0.5, 0.6) is 0 Å². The van der Waals surface area contributed by atoms with Crippen molar-refractivity contribution in [2.24, 2.45) is 0 Å². The van der Waals surface area contributed by atoms with Gasteiger partial charge in [0.25, 0.3) is 14.2 Å². The zero-order chi connectivity index (χ0) is 11.8. The van der Waals surface area contributed by atoms with Gasteiger partial charge in [-0.25, -0.2) is 8.42 Å². The molecule has 90 valence electrons. The Morgan fingerprint density at radius 1 is 1.50 bits per heavy atom. The fourth-order valence-corrected chi connectivity index (χ4v) is 2.53. The molecule has 0 bridgehead atoms. The number of ether oxygens (including phenoxy) is 1. The van der Waals surface area contributed by atoms with Crippen molar-refractivity contribution in [1.82, 2.24) is 14.8 Å². The van der Waals surface area contributed by atoms with Crippen LogP contribution in [0, 0.1) is 0 Å². The first kappa shape index (κ1) is 11.8. The van der Waals surface area contributed by atoms with Crippen LogP contribution in [0.25, 0.3) is 0 Å². The smallest absolute Gasteiger partial charge is 0.296 e. The zero-order valence-electron chi connectivity index (χ0n) is 8.76. The molecule has 0 saturated carbocycles. The summed E-state index contributed by atoms with van der Waals surface area (Å²) < 4.78 is 29.2. The summed E-state index contributed by atoms with van der Waals surface area (Å²) in [6, 6.07) is 0. The molecule has 16 heavy (non-hydrogen) atoms. The van der Waals surface area contributed by atoms with E-state index in [1.165, 1.54) is 0 Å². The van der Waals surface area contributed by atoms with Crippen molar-refractivity contribution in [3.8, 4) is 0 Å². The summed E-state index contributed by atoms with van der Waals surface area (Å²) in [7, 11) is 1.46. The van der Waals surface area contributed by atoms with Crippen molar-refractivity contribution >= 4 is 19.7 Å². The Hall–Kier alpha value is -0.660. The molecule has 1 aromatic rings. The van der Waals surface area contributed by atoms with Gasteiger partial charge in [-0.05, 0) is 6.42 Å². The summed E-state index contributed by atoms with van der Waals surface area (Å²) >= 11 is 0. The second-order valence-electron chi connectivity index (χ2n) is 3.66. The molecule has 2 heterocycles. The SMILES string of the molecule is CCCn1c(C2COC2)nnc1S(=O)(=O)Cl. The molecule has 0 amide bonds. The van der Waals surface area contributed by atoms with Gasteiger partial charge in [-0.3, -0.25) is 0 Å². The van der Waals surface area contributed by atoms with Gasteiger partial charge in [0.1, 0.15) is 5.82 Å². The van der Waals surface area contributed by atoms with Crippen molar-refractivity contribution in [3.05, 3.63) is 5.82 Å². The van der Waals surface area contributed by atoms with Crippen LogP contribution in [-0.2, 0) is 20.3 Å². The molecule has 0 radical (unpaired) electrons. The summed E-state index contributed by atoms with van der Waals surface area (Å²) in [6.07, 6.45) is 0.790. The highest BCUT2D eigenvalue weighted by molar-refractivity contribution is 8.13. The monoisotopic (exact) mass is 265 g/mol. The van der Waals surface area contributed by atoms with E-state index in [1.807, 2.05) is 6.92 Å². The largest absolute Gasteiger partial charge is 0.380 e. The van der Waals surface area contributed by atoms with E-state index in [9.17, 15) is 8.42 Å². The summed E-state index contributed by atoms with van der Waals surface area (Å²) in [5, 5.41) is 7.37. The van der Waals surface area contributed by atoms with Crippen molar-refractivity contribution in [2.75, 3.05) is 13.2 Å². The number of hydrogen-bond acceptors (Lipinski definition) is 5. The third-order valence-electron chi connectivity index (χ3n) is 2.41. The van der Waals surface area contributed by atoms with Crippen LogP contribution in [0.4, 0.5) is 0 Å². The molecule has 1 aromatic heterocycles. The second-order valence-corrected chi connectivity index (χ2v) is 6.12. The van der Waals surface area contributed by atoms with Crippen LogP contribution in [0.15, 0.2) is 5.16 Å². The Kier molecular flexibility index (Phi) is 3.18. The Morgan fingerprint density at radius 2 is 2.19 bits per heavy atom. The van der Waals surface area contributed by atoms with E-state index in [0.29, 0.717) is 25.6 Å². The number of nitrogens with zero attached hydrogens (tertiary/aromatic N) is 3. The average molecular weight is 266 g/mol. The Bertz CT molecular complexity index is 481. The minimum atomic E-state index is -3.83. The maximum Gasteiger partial charge on any atom is 0.296 e. The van der Waals surface area contributed by atoms with Gasteiger partial charge in [-0.1, -0.05) is 6.92 Å². The molecule has 0 atom stereocenters. The van der Waals surface area contributed by atoms with E-state index >= 15 is 0 Å². The summed E-state index contributed by atoms with van der Waals surface area (Å²) in [6.45, 7) is 3.61.